The molecule has 0 spiro atoms. The highest BCUT2D eigenvalue weighted by Crippen LogP contribution is 2.37. The first-order chi connectivity index (χ1) is 10.6. The van der Waals surface area contributed by atoms with Gasteiger partial charge >= 0.3 is 0 Å². The Hall–Kier alpha value is -2.36. The minimum atomic E-state index is 0.432. The topological polar surface area (TPSA) is 104 Å². The Labute approximate surface area is 131 Å². The third kappa shape index (κ3) is 2.69. The molecule has 0 aromatic heterocycles. The van der Waals surface area contributed by atoms with E-state index in [0.29, 0.717) is 23.0 Å². The lowest BCUT2D eigenvalue weighted by atomic mass is 9.83. The minimum absolute atomic E-state index is 0.432. The number of rotatable bonds is 2. The van der Waals surface area contributed by atoms with Gasteiger partial charge in [0.2, 0.25) is 0 Å². The molecule has 0 amide bonds. The number of anilines is 4. The maximum atomic E-state index is 6.29. The fraction of sp³-hybridized carbons (Fsp3) is 0.333. The SMILES string of the molecule is Nc1cc(C2CCCCC2)ccc1-c1cc(N)c(N)c(N)c1. The van der Waals surface area contributed by atoms with Gasteiger partial charge in [-0.15, -0.1) is 0 Å². The smallest absolute Gasteiger partial charge is 0.0781 e. The van der Waals surface area contributed by atoms with E-state index in [4.69, 9.17) is 22.9 Å². The van der Waals surface area contributed by atoms with Gasteiger partial charge in [0.25, 0.3) is 0 Å². The van der Waals surface area contributed by atoms with Crippen LogP contribution in [-0.4, -0.2) is 0 Å². The molecule has 1 fully saturated rings. The van der Waals surface area contributed by atoms with Gasteiger partial charge in [-0.05, 0) is 48.1 Å². The summed E-state index contributed by atoms with van der Waals surface area (Å²) in [6.45, 7) is 0. The summed E-state index contributed by atoms with van der Waals surface area (Å²) in [5.41, 5.74) is 29.3. The molecule has 3 rings (SSSR count). The summed E-state index contributed by atoms with van der Waals surface area (Å²) >= 11 is 0. The average Bonchev–Trinajstić information content (AvgIpc) is 2.53. The number of nitrogens with two attached hydrogens (primary N) is 4. The van der Waals surface area contributed by atoms with Gasteiger partial charge in [-0.1, -0.05) is 31.4 Å². The van der Waals surface area contributed by atoms with E-state index >= 15 is 0 Å². The second-order valence-corrected chi connectivity index (χ2v) is 6.25. The van der Waals surface area contributed by atoms with E-state index in [1.165, 1.54) is 37.7 Å². The molecule has 1 saturated carbocycles. The molecule has 0 bridgehead atoms. The molecule has 116 valence electrons. The van der Waals surface area contributed by atoms with Crippen molar-refractivity contribution in [2.75, 3.05) is 22.9 Å². The van der Waals surface area contributed by atoms with Crippen molar-refractivity contribution >= 4 is 22.7 Å². The van der Waals surface area contributed by atoms with Crippen molar-refractivity contribution in [1.29, 1.82) is 0 Å². The Morgan fingerprint density at radius 1 is 0.727 bits per heavy atom. The summed E-state index contributed by atoms with van der Waals surface area (Å²) in [5.74, 6) is 0.645. The Morgan fingerprint density at radius 3 is 1.95 bits per heavy atom. The molecule has 2 aromatic rings. The molecule has 1 aliphatic rings. The standard InChI is InChI=1S/C18H24N4/c19-15-8-12(11-4-2-1-3-5-11)6-7-14(15)13-9-16(20)18(22)17(21)10-13/h6-11H,1-5,19-22H2. The van der Waals surface area contributed by atoms with E-state index in [0.717, 1.165) is 16.8 Å². The highest BCUT2D eigenvalue weighted by atomic mass is 14.7. The lowest BCUT2D eigenvalue weighted by Crippen LogP contribution is -2.05. The van der Waals surface area contributed by atoms with Gasteiger partial charge in [-0.3, -0.25) is 0 Å². The second-order valence-electron chi connectivity index (χ2n) is 6.25. The summed E-state index contributed by atoms with van der Waals surface area (Å²) in [5, 5.41) is 0. The molecular weight excluding hydrogens is 272 g/mol. The third-order valence-corrected chi connectivity index (χ3v) is 4.71. The lowest BCUT2D eigenvalue weighted by Gasteiger charge is -2.23. The molecule has 0 saturated heterocycles. The zero-order chi connectivity index (χ0) is 15.7. The Balaban J connectivity index is 1.95. The van der Waals surface area contributed by atoms with E-state index < -0.39 is 0 Å². The van der Waals surface area contributed by atoms with Crippen molar-refractivity contribution in [1.82, 2.24) is 0 Å². The van der Waals surface area contributed by atoms with Crippen molar-refractivity contribution in [2.45, 2.75) is 38.0 Å². The summed E-state index contributed by atoms with van der Waals surface area (Å²) in [7, 11) is 0. The van der Waals surface area contributed by atoms with E-state index in [1.807, 2.05) is 12.1 Å². The van der Waals surface area contributed by atoms with Crippen molar-refractivity contribution in [3.05, 3.63) is 35.9 Å². The lowest BCUT2D eigenvalue weighted by molar-refractivity contribution is 0.444. The largest absolute Gasteiger partial charge is 0.398 e. The number of benzene rings is 2. The third-order valence-electron chi connectivity index (χ3n) is 4.71. The first-order valence-electron chi connectivity index (χ1n) is 7.90. The summed E-state index contributed by atoms with van der Waals surface area (Å²) in [4.78, 5) is 0. The highest BCUT2D eigenvalue weighted by molar-refractivity contribution is 5.87. The monoisotopic (exact) mass is 296 g/mol. The van der Waals surface area contributed by atoms with Gasteiger partial charge in [0, 0.05) is 11.3 Å². The van der Waals surface area contributed by atoms with Gasteiger partial charge in [-0.2, -0.15) is 0 Å². The summed E-state index contributed by atoms with van der Waals surface area (Å²) in [6.07, 6.45) is 6.52. The molecule has 0 atom stereocenters. The van der Waals surface area contributed by atoms with E-state index in [9.17, 15) is 0 Å². The quantitative estimate of drug-likeness (QED) is 0.634. The van der Waals surface area contributed by atoms with Crippen LogP contribution in [0.15, 0.2) is 30.3 Å². The maximum Gasteiger partial charge on any atom is 0.0781 e. The molecule has 0 aliphatic heterocycles. The summed E-state index contributed by atoms with van der Waals surface area (Å²) in [6, 6.07) is 10.0. The number of hydrogen-bond acceptors (Lipinski definition) is 4. The van der Waals surface area contributed by atoms with E-state index in [-0.39, 0.29) is 0 Å². The fourth-order valence-electron chi connectivity index (χ4n) is 3.39. The van der Waals surface area contributed by atoms with Crippen LogP contribution in [-0.2, 0) is 0 Å². The molecule has 0 unspecified atom stereocenters. The molecule has 4 heteroatoms. The molecule has 2 aromatic carbocycles. The van der Waals surface area contributed by atoms with Crippen molar-refractivity contribution < 1.29 is 0 Å². The van der Waals surface area contributed by atoms with Gasteiger partial charge in [0.05, 0.1) is 17.1 Å². The molecule has 1 aliphatic carbocycles. The van der Waals surface area contributed by atoms with Crippen LogP contribution in [0.3, 0.4) is 0 Å². The van der Waals surface area contributed by atoms with E-state index in [2.05, 4.69) is 18.2 Å². The number of hydrogen-bond donors (Lipinski definition) is 4. The molecule has 0 heterocycles. The predicted molar refractivity (Wildman–Crippen MR) is 95.4 cm³/mol. The first-order valence-corrected chi connectivity index (χ1v) is 7.90. The zero-order valence-corrected chi connectivity index (χ0v) is 12.8. The van der Waals surface area contributed by atoms with Gasteiger partial charge in [0.1, 0.15) is 0 Å². The van der Waals surface area contributed by atoms with Gasteiger partial charge in [-0.25, -0.2) is 0 Å². The van der Waals surface area contributed by atoms with Crippen molar-refractivity contribution in [2.24, 2.45) is 0 Å². The predicted octanol–water partition coefficient (Wildman–Crippen LogP) is 3.73. The minimum Gasteiger partial charge on any atom is -0.398 e. The number of nitrogen functional groups attached to an aromatic ring is 4. The maximum absolute atomic E-state index is 6.29. The van der Waals surface area contributed by atoms with Crippen LogP contribution < -0.4 is 22.9 Å². The van der Waals surface area contributed by atoms with E-state index in [1.54, 1.807) is 0 Å². The normalized spacial score (nSPS) is 15.8. The van der Waals surface area contributed by atoms with Crippen LogP contribution in [0.1, 0.15) is 43.6 Å². The average molecular weight is 296 g/mol. The van der Waals surface area contributed by atoms with Crippen LogP contribution in [0.25, 0.3) is 11.1 Å². The van der Waals surface area contributed by atoms with Crippen LogP contribution in [0.4, 0.5) is 22.7 Å². The van der Waals surface area contributed by atoms with Crippen LogP contribution in [0.2, 0.25) is 0 Å². The van der Waals surface area contributed by atoms with Crippen molar-refractivity contribution in [3.63, 3.8) is 0 Å². The fourth-order valence-corrected chi connectivity index (χ4v) is 3.39. The Bertz CT molecular complexity index is 664. The molecule has 8 N–H and O–H groups in total. The van der Waals surface area contributed by atoms with Crippen LogP contribution in [0.5, 0.6) is 0 Å². The zero-order valence-electron chi connectivity index (χ0n) is 12.8. The Morgan fingerprint density at radius 2 is 1.36 bits per heavy atom. The van der Waals surface area contributed by atoms with Crippen LogP contribution >= 0.6 is 0 Å². The van der Waals surface area contributed by atoms with Gasteiger partial charge < -0.3 is 22.9 Å². The second kappa shape index (κ2) is 5.79. The Kier molecular flexibility index (Phi) is 3.84. The molecule has 0 radical (unpaired) electrons. The molecule has 22 heavy (non-hydrogen) atoms. The van der Waals surface area contributed by atoms with Gasteiger partial charge in [0.15, 0.2) is 0 Å². The first kappa shape index (κ1) is 14.6. The highest BCUT2D eigenvalue weighted by Gasteiger charge is 2.17. The van der Waals surface area contributed by atoms with Crippen molar-refractivity contribution in [3.8, 4) is 11.1 Å². The molecular formula is C18H24N4. The molecule has 4 nitrogen and oxygen atoms in total. The van der Waals surface area contributed by atoms with Crippen LogP contribution in [0, 0.1) is 0 Å². The summed E-state index contributed by atoms with van der Waals surface area (Å²) < 4.78 is 0.